The molecule has 3 atom stereocenters. The second-order valence-corrected chi connectivity index (χ2v) is 12.1. The van der Waals surface area contributed by atoms with Crippen LogP contribution >= 0.6 is 0 Å². The largest absolute Gasteiger partial charge is 0.485 e. The van der Waals surface area contributed by atoms with E-state index in [-0.39, 0.29) is 53.5 Å². The SMILES string of the molecule is Cc1ccc(S(=O)(=O)Nc2cccc3c2O[C@H](CN(C)C(=O)Nc2ccccc2)[C@@H](C)CN([C@H](C)CO)C3=O)cc1. The molecule has 0 radical (unpaired) electrons. The molecule has 10 nitrogen and oxygen atoms in total. The lowest BCUT2D eigenvalue weighted by atomic mass is 9.99. The summed E-state index contributed by atoms with van der Waals surface area (Å²) in [6, 6.07) is 19.3. The number of anilines is 2. The van der Waals surface area contributed by atoms with Gasteiger partial charge in [-0.15, -0.1) is 0 Å². The summed E-state index contributed by atoms with van der Waals surface area (Å²) in [4.78, 5) is 29.8. The molecule has 41 heavy (non-hydrogen) atoms. The quantitative estimate of drug-likeness (QED) is 0.367. The Kier molecular flexibility index (Phi) is 9.19. The molecule has 3 amide bonds. The zero-order valence-corrected chi connectivity index (χ0v) is 24.4. The van der Waals surface area contributed by atoms with Crippen LogP contribution in [0.2, 0.25) is 0 Å². The van der Waals surface area contributed by atoms with E-state index in [0.717, 1.165) is 5.56 Å². The third kappa shape index (κ3) is 6.98. The van der Waals surface area contributed by atoms with Crippen molar-refractivity contribution in [2.24, 2.45) is 5.92 Å². The van der Waals surface area contributed by atoms with Gasteiger partial charge in [0.2, 0.25) is 0 Å². The summed E-state index contributed by atoms with van der Waals surface area (Å²) in [5.41, 5.74) is 1.81. The first kappa shape index (κ1) is 29.9. The molecule has 0 aromatic heterocycles. The first-order valence-corrected chi connectivity index (χ1v) is 14.9. The highest BCUT2D eigenvalue weighted by atomic mass is 32.2. The molecular weight excluding hydrogens is 544 g/mol. The molecule has 1 aliphatic rings. The summed E-state index contributed by atoms with van der Waals surface area (Å²) in [6.07, 6.45) is -0.619. The average molecular weight is 581 g/mol. The number of aliphatic hydroxyl groups is 1. The minimum Gasteiger partial charge on any atom is -0.485 e. The molecule has 218 valence electrons. The highest BCUT2D eigenvalue weighted by Crippen LogP contribution is 2.36. The fourth-order valence-electron chi connectivity index (χ4n) is 4.56. The molecule has 4 rings (SSSR count). The highest BCUT2D eigenvalue weighted by Gasteiger charge is 2.35. The lowest BCUT2D eigenvalue weighted by molar-refractivity contribution is 0.0373. The number of carbonyl (C=O) groups is 2. The molecule has 0 saturated heterocycles. The van der Waals surface area contributed by atoms with Gasteiger partial charge in [-0.1, -0.05) is 48.9 Å². The maximum Gasteiger partial charge on any atom is 0.321 e. The zero-order chi connectivity index (χ0) is 29.7. The number of ether oxygens (including phenoxy) is 1. The Hall–Kier alpha value is -4.09. The van der Waals surface area contributed by atoms with E-state index in [2.05, 4.69) is 10.0 Å². The monoisotopic (exact) mass is 580 g/mol. The van der Waals surface area contributed by atoms with Gasteiger partial charge in [-0.05, 0) is 50.2 Å². The Bertz CT molecular complexity index is 1480. The van der Waals surface area contributed by atoms with Crippen molar-refractivity contribution in [1.29, 1.82) is 0 Å². The molecule has 1 aliphatic heterocycles. The first-order valence-electron chi connectivity index (χ1n) is 13.4. The van der Waals surface area contributed by atoms with Crippen molar-refractivity contribution in [2.45, 2.75) is 37.8 Å². The predicted molar refractivity (Wildman–Crippen MR) is 158 cm³/mol. The van der Waals surface area contributed by atoms with Gasteiger partial charge in [-0.25, -0.2) is 13.2 Å². The number of likely N-dealkylation sites (N-methyl/N-ethyl adjacent to an activating group) is 1. The lowest BCUT2D eigenvalue weighted by Gasteiger charge is -2.38. The van der Waals surface area contributed by atoms with E-state index >= 15 is 0 Å². The normalized spacial score (nSPS) is 17.9. The topological polar surface area (TPSA) is 128 Å². The van der Waals surface area contributed by atoms with Crippen molar-refractivity contribution in [3.63, 3.8) is 0 Å². The summed E-state index contributed by atoms with van der Waals surface area (Å²) in [5, 5.41) is 12.7. The molecule has 0 bridgehead atoms. The molecule has 11 heteroatoms. The standard InChI is InChI=1S/C30H36N4O6S/c1-20-13-15-24(16-14-20)41(38,39)32-26-12-8-11-25-28(26)40-27(21(2)17-34(29(25)36)22(3)19-35)18-33(4)30(37)31-23-9-6-5-7-10-23/h5-16,21-22,27,32,35H,17-19H2,1-4H3,(H,31,37)/t21-,22+,27+/m0/s1. The van der Waals surface area contributed by atoms with Crippen LogP contribution in [-0.2, 0) is 10.0 Å². The number of urea groups is 1. The zero-order valence-electron chi connectivity index (χ0n) is 23.6. The number of nitrogens with one attached hydrogen (secondary N) is 2. The minimum atomic E-state index is -4.01. The summed E-state index contributed by atoms with van der Waals surface area (Å²) in [6.45, 7) is 5.65. The van der Waals surface area contributed by atoms with E-state index < -0.39 is 28.1 Å². The number of nitrogens with zero attached hydrogens (tertiary/aromatic N) is 2. The number of para-hydroxylation sites is 2. The molecule has 0 fully saturated rings. The van der Waals surface area contributed by atoms with Gasteiger partial charge in [0.15, 0.2) is 5.75 Å². The van der Waals surface area contributed by atoms with Crippen LogP contribution in [0.1, 0.15) is 29.8 Å². The predicted octanol–water partition coefficient (Wildman–Crippen LogP) is 4.18. The molecule has 3 N–H and O–H groups in total. The smallest absolute Gasteiger partial charge is 0.321 e. The number of benzene rings is 3. The Balaban J connectivity index is 1.69. The van der Waals surface area contributed by atoms with Crippen molar-refractivity contribution >= 4 is 33.3 Å². The Morgan fingerprint density at radius 3 is 2.44 bits per heavy atom. The summed E-state index contributed by atoms with van der Waals surface area (Å²) < 4.78 is 35.6. The van der Waals surface area contributed by atoms with Crippen LogP contribution in [0, 0.1) is 12.8 Å². The van der Waals surface area contributed by atoms with Crippen LogP contribution in [0.3, 0.4) is 0 Å². The first-order chi connectivity index (χ1) is 19.5. The van der Waals surface area contributed by atoms with Crippen LogP contribution in [0.25, 0.3) is 0 Å². The van der Waals surface area contributed by atoms with Crippen LogP contribution in [-0.4, -0.2) is 74.2 Å². The van der Waals surface area contributed by atoms with Crippen molar-refractivity contribution in [3.8, 4) is 5.75 Å². The van der Waals surface area contributed by atoms with Crippen LogP contribution in [0.4, 0.5) is 16.2 Å². The van der Waals surface area contributed by atoms with Gasteiger partial charge in [-0.3, -0.25) is 9.52 Å². The van der Waals surface area contributed by atoms with Crippen molar-refractivity contribution in [3.05, 3.63) is 83.9 Å². The number of amides is 3. The molecule has 3 aromatic carbocycles. The molecular formula is C30H36N4O6S. The number of aryl methyl sites for hydroxylation is 1. The maximum atomic E-state index is 13.7. The number of sulfonamides is 1. The minimum absolute atomic E-state index is 0.0654. The summed E-state index contributed by atoms with van der Waals surface area (Å²) in [7, 11) is -2.37. The maximum absolute atomic E-state index is 13.7. The number of rotatable bonds is 8. The van der Waals surface area contributed by atoms with E-state index in [1.807, 2.05) is 32.0 Å². The van der Waals surface area contributed by atoms with Gasteiger partial charge < -0.3 is 25.0 Å². The second kappa shape index (κ2) is 12.6. The van der Waals surface area contributed by atoms with Crippen LogP contribution in [0.5, 0.6) is 5.75 Å². The second-order valence-electron chi connectivity index (χ2n) is 10.4. The van der Waals surface area contributed by atoms with Gasteiger partial charge in [0.05, 0.1) is 35.3 Å². The van der Waals surface area contributed by atoms with Crippen molar-refractivity contribution < 1.29 is 27.9 Å². The molecule has 0 aliphatic carbocycles. The van der Waals surface area contributed by atoms with Crippen LogP contribution < -0.4 is 14.8 Å². The van der Waals surface area contributed by atoms with Crippen molar-refractivity contribution in [1.82, 2.24) is 9.80 Å². The van der Waals surface area contributed by atoms with Crippen LogP contribution in [0.15, 0.2) is 77.7 Å². The fourth-order valence-corrected chi connectivity index (χ4v) is 5.62. The van der Waals surface area contributed by atoms with E-state index in [1.54, 1.807) is 55.3 Å². The molecule has 0 unspecified atom stereocenters. The highest BCUT2D eigenvalue weighted by molar-refractivity contribution is 7.92. The van der Waals surface area contributed by atoms with Gasteiger partial charge in [0.1, 0.15) is 6.10 Å². The third-order valence-corrected chi connectivity index (χ3v) is 8.47. The van der Waals surface area contributed by atoms with Gasteiger partial charge in [-0.2, -0.15) is 0 Å². The number of hydrogen-bond acceptors (Lipinski definition) is 6. The van der Waals surface area contributed by atoms with Gasteiger partial charge >= 0.3 is 6.03 Å². The number of hydrogen-bond donors (Lipinski definition) is 3. The average Bonchev–Trinajstić information content (AvgIpc) is 2.95. The number of aliphatic hydroxyl groups excluding tert-OH is 1. The van der Waals surface area contributed by atoms with E-state index in [9.17, 15) is 23.1 Å². The third-order valence-electron chi connectivity index (χ3n) is 7.09. The molecule has 0 saturated carbocycles. The Morgan fingerprint density at radius 2 is 1.78 bits per heavy atom. The Morgan fingerprint density at radius 1 is 1.10 bits per heavy atom. The number of carbonyl (C=O) groups excluding carboxylic acids is 2. The molecule has 3 aromatic rings. The Labute approximate surface area is 241 Å². The lowest BCUT2D eigenvalue weighted by Crippen LogP contribution is -2.50. The number of fused-ring (bicyclic) bond motifs is 1. The van der Waals surface area contributed by atoms with Crippen molar-refractivity contribution in [2.75, 3.05) is 36.8 Å². The molecule has 0 spiro atoms. The fraction of sp³-hybridized carbons (Fsp3) is 0.333. The van der Waals surface area contributed by atoms with E-state index in [0.29, 0.717) is 5.69 Å². The van der Waals surface area contributed by atoms with E-state index in [1.165, 1.54) is 23.1 Å². The summed E-state index contributed by atoms with van der Waals surface area (Å²) >= 11 is 0. The summed E-state index contributed by atoms with van der Waals surface area (Å²) in [5.74, 6) is -0.606. The van der Waals surface area contributed by atoms with Gasteiger partial charge in [0.25, 0.3) is 15.9 Å². The van der Waals surface area contributed by atoms with Gasteiger partial charge in [0, 0.05) is 25.2 Å². The van der Waals surface area contributed by atoms with E-state index in [4.69, 9.17) is 4.74 Å². The molecule has 1 heterocycles.